The normalized spacial score (nSPS) is 9.50. The second-order valence-electron chi connectivity index (χ2n) is 3.27. The second-order valence-corrected chi connectivity index (χ2v) is 3.27. The molecule has 0 amide bonds. The van der Waals surface area contributed by atoms with Crippen LogP contribution in [-0.4, -0.2) is 57.8 Å². The molecule has 0 atom stereocenters. The summed E-state index contributed by atoms with van der Waals surface area (Å²) >= 11 is 0. The van der Waals surface area contributed by atoms with E-state index >= 15 is 0 Å². The summed E-state index contributed by atoms with van der Waals surface area (Å²) in [7, 11) is 0. The largest absolute Gasteiger partial charge is 0.481 e. The molecule has 0 heterocycles. The van der Waals surface area contributed by atoms with E-state index in [9.17, 15) is 14.4 Å². The maximum Gasteiger partial charge on any atom is 0.304 e. The highest BCUT2D eigenvalue weighted by atomic mass is 16.4. The van der Waals surface area contributed by atoms with Crippen molar-refractivity contribution in [3.05, 3.63) is 0 Å². The van der Waals surface area contributed by atoms with E-state index in [1.54, 1.807) is 0 Å². The molecule has 0 aromatic heterocycles. The lowest BCUT2D eigenvalue weighted by Crippen LogP contribution is -2.31. The van der Waals surface area contributed by atoms with Crippen molar-refractivity contribution in [3.8, 4) is 0 Å². The fraction of sp³-hybridized carbons (Fsp3) is 0.727. The molecule has 0 rings (SSSR count). The van der Waals surface area contributed by atoms with E-state index in [-0.39, 0.29) is 38.9 Å². The van der Waals surface area contributed by atoms with Crippen molar-refractivity contribution >= 4 is 17.9 Å². The van der Waals surface area contributed by atoms with E-state index < -0.39 is 17.9 Å². The molecule has 0 aliphatic rings. The van der Waals surface area contributed by atoms with Crippen LogP contribution in [0.1, 0.15) is 33.1 Å². The van der Waals surface area contributed by atoms with Gasteiger partial charge in [0.1, 0.15) is 0 Å². The van der Waals surface area contributed by atoms with Crippen LogP contribution in [0.5, 0.6) is 0 Å². The van der Waals surface area contributed by atoms with E-state index in [1.165, 1.54) is 4.90 Å². The highest BCUT2D eigenvalue weighted by molar-refractivity contribution is 5.68. The molecule has 7 heteroatoms. The maximum absolute atomic E-state index is 10.3. The third-order valence-corrected chi connectivity index (χ3v) is 1.93. The number of carboxylic acids is 3. The number of nitrogens with zero attached hydrogens (tertiary/aromatic N) is 1. The highest BCUT2D eigenvalue weighted by Gasteiger charge is 2.10. The summed E-state index contributed by atoms with van der Waals surface area (Å²) in [6.45, 7) is 4.49. The van der Waals surface area contributed by atoms with Gasteiger partial charge in [0.25, 0.3) is 0 Å². The number of aliphatic carboxylic acids is 3. The SMILES string of the molecule is CC.O=C(O)CCN(CCC(=O)O)CCC(=O)O. The lowest BCUT2D eigenvalue weighted by molar-refractivity contribution is -0.137. The zero-order chi connectivity index (χ0) is 14.6. The van der Waals surface area contributed by atoms with Crippen LogP contribution in [0, 0.1) is 0 Å². The molecule has 0 bridgehead atoms. The number of rotatable bonds is 9. The zero-order valence-corrected chi connectivity index (χ0v) is 10.8. The Balaban J connectivity index is 0. The van der Waals surface area contributed by atoms with Gasteiger partial charge in [-0.05, 0) is 0 Å². The van der Waals surface area contributed by atoms with Crippen molar-refractivity contribution in [2.24, 2.45) is 0 Å². The molecule has 0 aliphatic carbocycles. The van der Waals surface area contributed by atoms with Gasteiger partial charge < -0.3 is 20.2 Å². The Kier molecular flexibility index (Phi) is 12.3. The van der Waals surface area contributed by atoms with E-state index in [0.717, 1.165) is 0 Å². The van der Waals surface area contributed by atoms with Gasteiger partial charge in [0.2, 0.25) is 0 Å². The van der Waals surface area contributed by atoms with Crippen LogP contribution in [0.3, 0.4) is 0 Å². The third-order valence-electron chi connectivity index (χ3n) is 1.93. The number of carboxylic acid groups (broad SMARTS) is 3. The molecule has 0 unspecified atom stereocenters. The molecule has 0 fully saturated rings. The van der Waals surface area contributed by atoms with Crippen molar-refractivity contribution < 1.29 is 29.7 Å². The van der Waals surface area contributed by atoms with Gasteiger partial charge in [-0.25, -0.2) is 0 Å². The van der Waals surface area contributed by atoms with Crippen LogP contribution in [0.2, 0.25) is 0 Å². The van der Waals surface area contributed by atoms with Crippen molar-refractivity contribution in [2.45, 2.75) is 33.1 Å². The van der Waals surface area contributed by atoms with Crippen LogP contribution < -0.4 is 0 Å². The first-order valence-corrected chi connectivity index (χ1v) is 5.79. The number of carbonyl (C=O) groups is 3. The first kappa shape index (κ1) is 18.7. The van der Waals surface area contributed by atoms with Gasteiger partial charge in [-0.1, -0.05) is 13.8 Å². The minimum absolute atomic E-state index is 0.126. The second kappa shape index (κ2) is 11.8. The molecule has 0 spiro atoms. The van der Waals surface area contributed by atoms with Crippen LogP contribution in [0.15, 0.2) is 0 Å². The van der Waals surface area contributed by atoms with E-state index in [4.69, 9.17) is 15.3 Å². The van der Waals surface area contributed by atoms with Crippen molar-refractivity contribution in [2.75, 3.05) is 19.6 Å². The molecule has 0 aliphatic heterocycles. The van der Waals surface area contributed by atoms with Gasteiger partial charge in [-0.15, -0.1) is 0 Å². The molecular weight excluding hydrogens is 242 g/mol. The van der Waals surface area contributed by atoms with Crippen molar-refractivity contribution in [1.29, 1.82) is 0 Å². The summed E-state index contributed by atoms with van der Waals surface area (Å²) in [5.41, 5.74) is 0. The van der Waals surface area contributed by atoms with Gasteiger partial charge in [-0.3, -0.25) is 14.4 Å². The summed E-state index contributed by atoms with van der Waals surface area (Å²) in [6, 6.07) is 0. The average molecular weight is 263 g/mol. The minimum Gasteiger partial charge on any atom is -0.481 e. The van der Waals surface area contributed by atoms with E-state index in [2.05, 4.69) is 0 Å². The molecule has 3 N–H and O–H groups in total. The molecule has 0 saturated carbocycles. The van der Waals surface area contributed by atoms with Gasteiger partial charge in [0.15, 0.2) is 0 Å². The molecule has 0 aromatic carbocycles. The fourth-order valence-electron chi connectivity index (χ4n) is 1.10. The van der Waals surface area contributed by atoms with E-state index in [0.29, 0.717) is 0 Å². The Morgan fingerprint density at radius 1 is 0.722 bits per heavy atom. The van der Waals surface area contributed by atoms with Crippen LogP contribution in [0.25, 0.3) is 0 Å². The van der Waals surface area contributed by atoms with Gasteiger partial charge >= 0.3 is 17.9 Å². The minimum atomic E-state index is -0.990. The summed E-state index contributed by atoms with van der Waals surface area (Å²) in [5, 5.41) is 25.4. The fourth-order valence-corrected chi connectivity index (χ4v) is 1.10. The maximum atomic E-state index is 10.3. The molecule has 106 valence electrons. The van der Waals surface area contributed by atoms with Gasteiger partial charge in [0.05, 0.1) is 19.3 Å². The van der Waals surface area contributed by atoms with E-state index in [1.807, 2.05) is 13.8 Å². The highest BCUT2D eigenvalue weighted by Crippen LogP contribution is 1.97. The average Bonchev–Trinajstić information content (AvgIpc) is 2.29. The van der Waals surface area contributed by atoms with Crippen LogP contribution >= 0.6 is 0 Å². The quantitative estimate of drug-likeness (QED) is 0.561. The Morgan fingerprint density at radius 3 is 1.11 bits per heavy atom. The van der Waals surface area contributed by atoms with Gasteiger partial charge in [0, 0.05) is 19.6 Å². The van der Waals surface area contributed by atoms with Crippen molar-refractivity contribution in [3.63, 3.8) is 0 Å². The molecule has 0 radical (unpaired) electrons. The third kappa shape index (κ3) is 14.4. The lowest BCUT2D eigenvalue weighted by atomic mass is 10.3. The van der Waals surface area contributed by atoms with Gasteiger partial charge in [-0.2, -0.15) is 0 Å². The zero-order valence-electron chi connectivity index (χ0n) is 10.8. The molecule has 0 saturated heterocycles. The molecule has 18 heavy (non-hydrogen) atoms. The first-order chi connectivity index (χ1) is 8.41. The Bertz CT molecular complexity index is 223. The topological polar surface area (TPSA) is 115 Å². The first-order valence-electron chi connectivity index (χ1n) is 5.79. The standard InChI is InChI=1S/C9H15NO6.C2H6/c11-7(12)1-4-10(5-2-8(13)14)6-3-9(15)16;1-2/h1-6H2,(H,11,12)(H,13,14)(H,15,16);1-2H3. The monoisotopic (exact) mass is 263 g/mol. The Labute approximate surface area is 106 Å². The number of hydrogen-bond donors (Lipinski definition) is 3. The summed E-state index contributed by atoms with van der Waals surface area (Å²) in [5.74, 6) is -2.97. The predicted molar refractivity (Wildman–Crippen MR) is 64.5 cm³/mol. The lowest BCUT2D eigenvalue weighted by Gasteiger charge is -2.19. The smallest absolute Gasteiger partial charge is 0.304 e. The summed E-state index contributed by atoms with van der Waals surface area (Å²) in [4.78, 5) is 32.5. The number of hydrogen-bond acceptors (Lipinski definition) is 4. The summed E-state index contributed by atoms with van der Waals surface area (Å²) in [6.07, 6.45) is -0.377. The van der Waals surface area contributed by atoms with Crippen LogP contribution in [0.4, 0.5) is 0 Å². The molecule has 7 nitrogen and oxygen atoms in total. The molecular formula is C11H21NO6. The Morgan fingerprint density at radius 2 is 0.944 bits per heavy atom. The summed E-state index contributed by atoms with van der Waals surface area (Å²) < 4.78 is 0. The predicted octanol–water partition coefficient (Wildman–Crippen LogP) is 0.739. The van der Waals surface area contributed by atoms with Crippen LogP contribution in [-0.2, 0) is 14.4 Å². The Hall–Kier alpha value is -1.63. The molecule has 0 aromatic rings. The van der Waals surface area contributed by atoms with Crippen molar-refractivity contribution in [1.82, 2.24) is 4.90 Å².